The summed E-state index contributed by atoms with van der Waals surface area (Å²) in [5.74, 6) is -0.368. The predicted molar refractivity (Wildman–Crippen MR) is 104 cm³/mol. The highest BCUT2D eigenvalue weighted by Crippen LogP contribution is 2.12. The Morgan fingerprint density at radius 1 is 0.885 bits per heavy atom. The molecule has 1 aromatic heterocycles. The fourth-order valence-electron chi connectivity index (χ4n) is 2.28. The van der Waals surface area contributed by atoms with Gasteiger partial charge >= 0.3 is 0 Å². The number of benzene rings is 1. The van der Waals surface area contributed by atoms with Gasteiger partial charge in [-0.25, -0.2) is 0 Å². The number of rotatable bonds is 10. The predicted octanol–water partition coefficient (Wildman–Crippen LogP) is 3.23. The van der Waals surface area contributed by atoms with Gasteiger partial charge in [0.05, 0.1) is 4.88 Å². The molecule has 0 aliphatic carbocycles. The molecule has 2 aromatic rings. The SMILES string of the molecule is O=C(CCNC(=O)CCC(=O)c1cccs1)NCCc1ccc(Cl)cc1. The second-order valence-electron chi connectivity index (χ2n) is 5.73. The van der Waals surface area contributed by atoms with Crippen LogP contribution in [0.4, 0.5) is 0 Å². The van der Waals surface area contributed by atoms with Crippen molar-refractivity contribution in [2.24, 2.45) is 0 Å². The highest BCUT2D eigenvalue weighted by Gasteiger charge is 2.10. The molecule has 0 atom stereocenters. The van der Waals surface area contributed by atoms with Gasteiger partial charge in [-0.3, -0.25) is 14.4 Å². The van der Waals surface area contributed by atoms with E-state index in [4.69, 9.17) is 11.6 Å². The summed E-state index contributed by atoms with van der Waals surface area (Å²) in [6, 6.07) is 11.0. The van der Waals surface area contributed by atoms with Crippen molar-refractivity contribution in [3.05, 3.63) is 57.2 Å². The van der Waals surface area contributed by atoms with Gasteiger partial charge in [-0.05, 0) is 35.6 Å². The van der Waals surface area contributed by atoms with Crippen LogP contribution in [0.25, 0.3) is 0 Å². The first-order valence-corrected chi connectivity index (χ1v) is 9.65. The van der Waals surface area contributed by atoms with Crippen molar-refractivity contribution < 1.29 is 14.4 Å². The first-order valence-electron chi connectivity index (χ1n) is 8.39. The molecule has 26 heavy (non-hydrogen) atoms. The van der Waals surface area contributed by atoms with E-state index >= 15 is 0 Å². The van der Waals surface area contributed by atoms with Crippen LogP contribution in [-0.4, -0.2) is 30.7 Å². The van der Waals surface area contributed by atoms with Crippen LogP contribution in [0.5, 0.6) is 0 Å². The number of nitrogens with one attached hydrogen (secondary N) is 2. The van der Waals surface area contributed by atoms with Crippen molar-refractivity contribution in [3.8, 4) is 0 Å². The Kier molecular flexibility index (Phi) is 8.31. The average molecular weight is 393 g/mol. The molecular weight excluding hydrogens is 372 g/mol. The Morgan fingerprint density at radius 2 is 1.58 bits per heavy atom. The van der Waals surface area contributed by atoms with Crippen molar-refractivity contribution in [3.63, 3.8) is 0 Å². The van der Waals surface area contributed by atoms with E-state index in [-0.39, 0.29) is 43.4 Å². The number of ketones is 1. The third-order valence-electron chi connectivity index (χ3n) is 3.70. The molecule has 0 saturated heterocycles. The molecule has 2 N–H and O–H groups in total. The third-order valence-corrected chi connectivity index (χ3v) is 4.86. The molecule has 5 nitrogen and oxygen atoms in total. The molecule has 2 rings (SSSR count). The first kappa shape index (κ1) is 20.1. The monoisotopic (exact) mass is 392 g/mol. The number of hydrogen-bond donors (Lipinski definition) is 2. The van der Waals surface area contributed by atoms with Crippen molar-refractivity contribution in [2.45, 2.75) is 25.7 Å². The normalized spacial score (nSPS) is 10.3. The van der Waals surface area contributed by atoms with E-state index in [0.29, 0.717) is 16.4 Å². The summed E-state index contributed by atoms with van der Waals surface area (Å²) >= 11 is 7.19. The first-order chi connectivity index (χ1) is 12.5. The smallest absolute Gasteiger partial charge is 0.221 e. The molecule has 0 saturated carbocycles. The second-order valence-corrected chi connectivity index (χ2v) is 7.11. The number of carbonyl (C=O) groups is 3. The van der Waals surface area contributed by atoms with Gasteiger partial charge in [0.25, 0.3) is 0 Å². The molecule has 0 aliphatic rings. The van der Waals surface area contributed by atoms with Crippen LogP contribution in [0.2, 0.25) is 5.02 Å². The molecular formula is C19H21ClN2O3S. The minimum atomic E-state index is -0.219. The van der Waals surface area contributed by atoms with Gasteiger partial charge < -0.3 is 10.6 Å². The van der Waals surface area contributed by atoms with E-state index in [1.165, 1.54) is 11.3 Å². The Hall–Kier alpha value is -2.18. The average Bonchev–Trinajstić information content (AvgIpc) is 3.16. The van der Waals surface area contributed by atoms with Crippen molar-refractivity contribution in [2.75, 3.05) is 13.1 Å². The molecule has 7 heteroatoms. The standard InChI is InChI=1S/C19H21ClN2O3S/c20-15-5-3-14(4-6-15)9-11-21-19(25)10-12-22-18(24)8-7-16(23)17-2-1-13-26-17/h1-6,13H,7-12H2,(H,21,25)(H,22,24). The van der Waals surface area contributed by atoms with E-state index in [1.54, 1.807) is 6.07 Å². The van der Waals surface area contributed by atoms with Crippen LogP contribution >= 0.6 is 22.9 Å². The molecule has 0 spiro atoms. The summed E-state index contributed by atoms with van der Waals surface area (Å²) in [7, 11) is 0. The Bertz CT molecular complexity index is 730. The Morgan fingerprint density at radius 3 is 2.27 bits per heavy atom. The van der Waals surface area contributed by atoms with E-state index in [0.717, 1.165) is 12.0 Å². The fraction of sp³-hybridized carbons (Fsp3) is 0.316. The highest BCUT2D eigenvalue weighted by atomic mass is 35.5. The highest BCUT2D eigenvalue weighted by molar-refractivity contribution is 7.12. The lowest BCUT2D eigenvalue weighted by atomic mass is 10.1. The van der Waals surface area contributed by atoms with Crippen molar-refractivity contribution >= 4 is 40.5 Å². The topological polar surface area (TPSA) is 75.3 Å². The molecule has 1 aromatic carbocycles. The van der Waals surface area contributed by atoms with E-state index in [1.807, 2.05) is 35.7 Å². The number of halogens is 1. The van der Waals surface area contributed by atoms with Gasteiger partial charge in [0.2, 0.25) is 11.8 Å². The van der Waals surface area contributed by atoms with Crippen LogP contribution < -0.4 is 10.6 Å². The van der Waals surface area contributed by atoms with Crippen molar-refractivity contribution in [1.29, 1.82) is 0 Å². The molecule has 138 valence electrons. The summed E-state index contributed by atoms with van der Waals surface area (Å²) in [5.41, 5.74) is 1.10. The number of hydrogen-bond acceptors (Lipinski definition) is 4. The summed E-state index contributed by atoms with van der Waals surface area (Å²) in [4.78, 5) is 35.9. The molecule has 0 aliphatic heterocycles. The maximum atomic E-state index is 11.8. The quantitative estimate of drug-likeness (QED) is 0.609. The Labute approximate surface area is 161 Å². The third kappa shape index (κ3) is 7.37. The number of carbonyl (C=O) groups excluding carboxylic acids is 3. The largest absolute Gasteiger partial charge is 0.356 e. The van der Waals surface area contributed by atoms with Gasteiger partial charge in [-0.1, -0.05) is 29.8 Å². The fourth-order valence-corrected chi connectivity index (χ4v) is 3.10. The van der Waals surface area contributed by atoms with E-state index in [2.05, 4.69) is 10.6 Å². The van der Waals surface area contributed by atoms with Crippen LogP contribution in [0, 0.1) is 0 Å². The van der Waals surface area contributed by atoms with Crippen LogP contribution in [-0.2, 0) is 16.0 Å². The number of Topliss-reactive ketones (excluding diaryl/α,β-unsaturated/α-hetero) is 1. The second kappa shape index (κ2) is 10.7. The van der Waals surface area contributed by atoms with Gasteiger partial charge in [0.1, 0.15) is 0 Å². The van der Waals surface area contributed by atoms with Crippen molar-refractivity contribution in [1.82, 2.24) is 10.6 Å². The van der Waals surface area contributed by atoms with Gasteiger partial charge in [0.15, 0.2) is 5.78 Å². The molecule has 2 amide bonds. The molecule has 0 unspecified atom stereocenters. The van der Waals surface area contributed by atoms with Crippen LogP contribution in [0.15, 0.2) is 41.8 Å². The van der Waals surface area contributed by atoms with E-state index in [9.17, 15) is 14.4 Å². The number of amides is 2. The summed E-state index contributed by atoms with van der Waals surface area (Å²) in [5, 5.41) is 8.00. The van der Waals surface area contributed by atoms with E-state index < -0.39 is 0 Å². The Balaban J connectivity index is 1.54. The lowest BCUT2D eigenvalue weighted by molar-refractivity contribution is -0.122. The lowest BCUT2D eigenvalue weighted by Gasteiger charge is -2.07. The molecule has 1 heterocycles. The van der Waals surface area contributed by atoms with Gasteiger partial charge in [0, 0.05) is 37.4 Å². The van der Waals surface area contributed by atoms with Gasteiger partial charge in [-0.2, -0.15) is 0 Å². The summed E-state index contributed by atoms with van der Waals surface area (Å²) < 4.78 is 0. The summed E-state index contributed by atoms with van der Waals surface area (Å²) in [6.45, 7) is 0.794. The van der Waals surface area contributed by atoms with Crippen LogP contribution in [0.1, 0.15) is 34.5 Å². The zero-order valence-electron chi connectivity index (χ0n) is 14.3. The zero-order valence-corrected chi connectivity index (χ0v) is 15.9. The zero-order chi connectivity index (χ0) is 18.8. The minimum absolute atomic E-state index is 0.0323. The molecule has 0 fully saturated rings. The van der Waals surface area contributed by atoms with Crippen LogP contribution in [0.3, 0.4) is 0 Å². The summed E-state index contributed by atoms with van der Waals surface area (Å²) in [6.07, 6.45) is 1.25. The maximum absolute atomic E-state index is 11.8. The lowest BCUT2D eigenvalue weighted by Crippen LogP contribution is -2.31. The number of thiophene rings is 1. The molecule has 0 radical (unpaired) electrons. The molecule has 0 bridgehead atoms. The minimum Gasteiger partial charge on any atom is -0.356 e. The van der Waals surface area contributed by atoms with Gasteiger partial charge in [-0.15, -0.1) is 11.3 Å². The maximum Gasteiger partial charge on any atom is 0.221 e.